The van der Waals surface area contributed by atoms with Crippen molar-refractivity contribution in [2.45, 2.75) is 14.7 Å². The van der Waals surface area contributed by atoms with Gasteiger partial charge in [0.25, 0.3) is 15.9 Å². The molecule has 0 saturated heterocycles. The van der Waals surface area contributed by atoms with Crippen molar-refractivity contribution in [3.63, 3.8) is 0 Å². The van der Waals surface area contributed by atoms with E-state index >= 15 is 0 Å². The molecule has 2 aromatic rings. The lowest BCUT2D eigenvalue weighted by molar-refractivity contribution is -0.115. The maximum absolute atomic E-state index is 12.4. The van der Waals surface area contributed by atoms with Crippen molar-refractivity contribution in [1.82, 2.24) is 4.72 Å². The van der Waals surface area contributed by atoms with Crippen molar-refractivity contribution < 1.29 is 13.2 Å². The highest BCUT2D eigenvalue weighted by Crippen LogP contribution is 2.28. The van der Waals surface area contributed by atoms with Crippen LogP contribution in [0, 0.1) is 0 Å². The van der Waals surface area contributed by atoms with Gasteiger partial charge in [-0.2, -0.15) is 0 Å². The van der Waals surface area contributed by atoms with E-state index in [-0.39, 0.29) is 4.90 Å². The molecule has 0 atom stereocenters. The molecule has 0 aliphatic carbocycles. The van der Waals surface area contributed by atoms with Crippen LogP contribution in [0.2, 0.25) is 0 Å². The lowest BCUT2D eigenvalue weighted by Crippen LogP contribution is -2.31. The summed E-state index contributed by atoms with van der Waals surface area (Å²) in [5.74, 6) is 0.0457. The smallest absolute Gasteiger partial charge is 0.264 e. The summed E-state index contributed by atoms with van der Waals surface area (Å²) in [6, 6.07) is 16.3. The summed E-state index contributed by atoms with van der Waals surface area (Å²) in [4.78, 5) is 14.1. The van der Waals surface area contributed by atoms with Gasteiger partial charge in [0.15, 0.2) is 0 Å². The van der Waals surface area contributed by atoms with Crippen molar-refractivity contribution in [2.24, 2.45) is 0 Å². The minimum Gasteiger partial charge on any atom is -0.268 e. The van der Waals surface area contributed by atoms with Gasteiger partial charge in [-0.15, -0.1) is 11.8 Å². The summed E-state index contributed by atoms with van der Waals surface area (Å²) in [6.07, 6.45) is 3.31. The molecule has 4 nitrogen and oxygen atoms in total. The van der Waals surface area contributed by atoms with Gasteiger partial charge in [-0.3, -0.25) is 4.79 Å². The lowest BCUT2D eigenvalue weighted by atomic mass is 10.2. The van der Waals surface area contributed by atoms with Crippen LogP contribution in [0.25, 0.3) is 0 Å². The van der Waals surface area contributed by atoms with Gasteiger partial charge in [0.1, 0.15) is 0 Å². The van der Waals surface area contributed by atoms with Crippen molar-refractivity contribution in [3.8, 4) is 0 Å². The molecule has 0 radical (unpaired) electrons. The summed E-state index contributed by atoms with van der Waals surface area (Å²) in [5, 5.41) is 1.77. The molecule has 1 N–H and O–H groups in total. The first-order valence-corrected chi connectivity index (χ1v) is 10.8. The van der Waals surface area contributed by atoms with Crippen LogP contribution in [0.15, 0.2) is 92.4 Å². The fourth-order valence-electron chi connectivity index (χ4n) is 2.10. The van der Waals surface area contributed by atoms with Crippen LogP contribution >= 0.6 is 23.5 Å². The maximum atomic E-state index is 12.4. The van der Waals surface area contributed by atoms with E-state index in [4.69, 9.17) is 0 Å². The van der Waals surface area contributed by atoms with E-state index < -0.39 is 15.9 Å². The third kappa shape index (κ3) is 4.78. The Morgan fingerprint density at radius 2 is 1.68 bits per heavy atom. The standard InChI is InChI=1S/C18H15NO3S3/c20-18(14-10-12-23-13-11-14)19-25(21,22)17-8-6-16(7-9-17)24-15-4-2-1-3-5-15/h1-12H,13H2,(H,19,20). The summed E-state index contributed by atoms with van der Waals surface area (Å²) >= 11 is 3.08. The largest absolute Gasteiger partial charge is 0.268 e. The second-order valence-corrected chi connectivity index (χ2v) is 8.88. The molecule has 7 heteroatoms. The quantitative estimate of drug-likeness (QED) is 0.842. The van der Waals surface area contributed by atoms with Gasteiger partial charge in [-0.05, 0) is 47.9 Å². The van der Waals surface area contributed by atoms with Gasteiger partial charge in [0, 0.05) is 21.1 Å². The molecule has 0 unspecified atom stereocenters. The van der Waals surface area contributed by atoms with E-state index in [1.54, 1.807) is 53.2 Å². The third-order valence-electron chi connectivity index (χ3n) is 3.35. The van der Waals surface area contributed by atoms with Crippen LogP contribution in [0.3, 0.4) is 0 Å². The predicted molar refractivity (Wildman–Crippen MR) is 102 cm³/mol. The zero-order valence-corrected chi connectivity index (χ0v) is 15.5. The Hall–Kier alpha value is -1.96. The highest BCUT2D eigenvalue weighted by Gasteiger charge is 2.19. The lowest BCUT2D eigenvalue weighted by Gasteiger charge is -2.10. The van der Waals surface area contributed by atoms with E-state index in [1.807, 2.05) is 30.3 Å². The van der Waals surface area contributed by atoms with Crippen molar-refractivity contribution in [1.29, 1.82) is 0 Å². The van der Waals surface area contributed by atoms with Crippen LogP contribution in [0.5, 0.6) is 0 Å². The number of rotatable bonds is 5. The fraction of sp³-hybridized carbons (Fsp3) is 0.0556. The normalized spacial score (nSPS) is 14.0. The van der Waals surface area contributed by atoms with E-state index in [9.17, 15) is 13.2 Å². The molecular formula is C18H15NO3S3. The average molecular weight is 390 g/mol. The summed E-state index contributed by atoms with van der Waals surface area (Å²) in [5.41, 5.74) is 0.360. The molecule has 0 aromatic heterocycles. The Bertz CT molecular complexity index is 918. The molecule has 0 fully saturated rings. The number of thioether (sulfide) groups is 1. The van der Waals surface area contributed by atoms with Gasteiger partial charge in [-0.25, -0.2) is 13.1 Å². The van der Waals surface area contributed by atoms with Crippen LogP contribution in [0.1, 0.15) is 0 Å². The molecule has 2 aromatic carbocycles. The second-order valence-electron chi connectivity index (χ2n) is 5.12. The highest BCUT2D eigenvalue weighted by molar-refractivity contribution is 8.02. The number of hydrogen-bond acceptors (Lipinski definition) is 5. The van der Waals surface area contributed by atoms with Crippen molar-refractivity contribution in [2.75, 3.05) is 5.75 Å². The monoisotopic (exact) mass is 389 g/mol. The van der Waals surface area contributed by atoms with E-state index in [0.717, 1.165) is 9.79 Å². The number of carbonyl (C=O) groups excluding carboxylic acids is 1. The first kappa shape index (κ1) is 17.8. The summed E-state index contributed by atoms with van der Waals surface area (Å²) < 4.78 is 26.8. The van der Waals surface area contributed by atoms with Crippen LogP contribution < -0.4 is 4.72 Å². The van der Waals surface area contributed by atoms with E-state index in [1.165, 1.54) is 12.1 Å². The second kappa shape index (κ2) is 7.95. The molecule has 1 aliphatic rings. The minimum absolute atomic E-state index is 0.0630. The minimum atomic E-state index is -3.89. The first-order valence-electron chi connectivity index (χ1n) is 7.43. The molecule has 128 valence electrons. The average Bonchev–Trinajstić information content (AvgIpc) is 2.63. The fourth-order valence-corrected chi connectivity index (χ4v) is 4.54. The molecule has 1 aliphatic heterocycles. The number of hydrogen-bond donors (Lipinski definition) is 1. The maximum Gasteiger partial charge on any atom is 0.264 e. The highest BCUT2D eigenvalue weighted by atomic mass is 32.2. The van der Waals surface area contributed by atoms with Gasteiger partial charge in [-0.1, -0.05) is 36.0 Å². The number of sulfonamides is 1. The molecule has 0 spiro atoms. The first-order chi connectivity index (χ1) is 12.0. The number of benzene rings is 2. The van der Waals surface area contributed by atoms with Crippen molar-refractivity contribution >= 4 is 39.5 Å². The molecular weight excluding hydrogens is 374 g/mol. The molecule has 25 heavy (non-hydrogen) atoms. The Labute approximate surface area is 155 Å². The van der Waals surface area contributed by atoms with Gasteiger partial charge in [0.2, 0.25) is 0 Å². The van der Waals surface area contributed by atoms with Crippen LogP contribution in [-0.4, -0.2) is 20.1 Å². The predicted octanol–water partition coefficient (Wildman–Crippen LogP) is 3.83. The summed E-state index contributed by atoms with van der Waals surface area (Å²) in [6.45, 7) is 0. The molecule has 1 amide bonds. The topological polar surface area (TPSA) is 63.2 Å². The van der Waals surface area contributed by atoms with Crippen molar-refractivity contribution in [3.05, 3.63) is 77.7 Å². The number of amides is 1. The zero-order chi connectivity index (χ0) is 17.7. The van der Waals surface area contributed by atoms with Gasteiger partial charge in [0.05, 0.1) is 4.90 Å². The SMILES string of the molecule is O=C(NS(=O)(=O)c1ccc(Sc2ccccc2)cc1)C1=CCSC=C1. The number of nitrogens with one attached hydrogen (secondary N) is 1. The van der Waals surface area contributed by atoms with Crippen LogP contribution in [0.4, 0.5) is 0 Å². The Balaban J connectivity index is 1.71. The van der Waals surface area contributed by atoms with Gasteiger partial charge < -0.3 is 0 Å². The van der Waals surface area contributed by atoms with Crippen LogP contribution in [-0.2, 0) is 14.8 Å². The molecule has 0 bridgehead atoms. The van der Waals surface area contributed by atoms with E-state index in [0.29, 0.717) is 11.3 Å². The third-order valence-corrected chi connectivity index (χ3v) is 6.40. The molecule has 1 heterocycles. The Morgan fingerprint density at radius 1 is 1.00 bits per heavy atom. The zero-order valence-electron chi connectivity index (χ0n) is 13.1. The Kier molecular flexibility index (Phi) is 5.67. The Morgan fingerprint density at radius 3 is 2.32 bits per heavy atom. The van der Waals surface area contributed by atoms with Gasteiger partial charge >= 0.3 is 0 Å². The summed E-state index contributed by atoms with van der Waals surface area (Å²) in [7, 11) is -3.89. The number of carbonyl (C=O) groups is 1. The molecule has 0 saturated carbocycles. The molecule has 3 rings (SSSR count). The van der Waals surface area contributed by atoms with E-state index in [2.05, 4.69) is 4.72 Å².